The third-order valence-corrected chi connectivity index (χ3v) is 5.54. The molecular formula is C18H20N4OS. The van der Waals surface area contributed by atoms with Crippen molar-refractivity contribution in [3.05, 3.63) is 41.5 Å². The van der Waals surface area contributed by atoms with Crippen LogP contribution < -0.4 is 14.5 Å². The Bertz CT molecular complexity index is 855. The number of aryl methyl sites for hydroxylation is 1. The molecule has 1 saturated heterocycles. The van der Waals surface area contributed by atoms with Gasteiger partial charge in [-0.05, 0) is 30.0 Å². The highest BCUT2D eigenvalue weighted by atomic mass is 32.1. The number of aromatic nitrogens is 2. The maximum atomic E-state index is 5.50. The SMILES string of the molecule is COc1ccccc1N1CCN(c2ncnc3scc(C)c23)CC1. The number of para-hydroxylation sites is 2. The molecule has 0 saturated carbocycles. The number of hydrogen-bond acceptors (Lipinski definition) is 6. The van der Waals surface area contributed by atoms with Crippen LogP contribution in [0.4, 0.5) is 11.5 Å². The average Bonchev–Trinajstić information content (AvgIpc) is 3.03. The Morgan fingerprint density at radius 1 is 1.04 bits per heavy atom. The van der Waals surface area contributed by atoms with Crippen LogP contribution in [0, 0.1) is 6.92 Å². The van der Waals surface area contributed by atoms with Crippen molar-refractivity contribution >= 4 is 33.1 Å². The van der Waals surface area contributed by atoms with Crippen LogP contribution in [0.5, 0.6) is 5.75 Å². The number of rotatable bonds is 3. The zero-order valence-electron chi connectivity index (χ0n) is 13.9. The highest BCUT2D eigenvalue weighted by Crippen LogP contribution is 2.33. The summed E-state index contributed by atoms with van der Waals surface area (Å²) in [4.78, 5) is 14.8. The summed E-state index contributed by atoms with van der Waals surface area (Å²) in [7, 11) is 1.73. The van der Waals surface area contributed by atoms with E-state index in [9.17, 15) is 0 Å². The molecule has 0 spiro atoms. The molecule has 2 aromatic heterocycles. The Balaban J connectivity index is 1.57. The minimum Gasteiger partial charge on any atom is -0.495 e. The van der Waals surface area contributed by atoms with Gasteiger partial charge in [-0.2, -0.15) is 0 Å². The lowest BCUT2D eigenvalue weighted by Gasteiger charge is -2.37. The fourth-order valence-electron chi connectivity index (χ4n) is 3.29. The van der Waals surface area contributed by atoms with E-state index in [0.29, 0.717) is 0 Å². The van der Waals surface area contributed by atoms with Crippen molar-refractivity contribution < 1.29 is 4.74 Å². The van der Waals surface area contributed by atoms with Gasteiger partial charge in [0.1, 0.15) is 22.7 Å². The van der Waals surface area contributed by atoms with Gasteiger partial charge in [0, 0.05) is 26.2 Å². The maximum absolute atomic E-state index is 5.50. The minimum atomic E-state index is 0.934. The summed E-state index contributed by atoms with van der Waals surface area (Å²) < 4.78 is 5.50. The quantitative estimate of drug-likeness (QED) is 0.731. The molecule has 0 amide bonds. The maximum Gasteiger partial charge on any atom is 0.142 e. The fraction of sp³-hybridized carbons (Fsp3) is 0.333. The van der Waals surface area contributed by atoms with Gasteiger partial charge in [0.2, 0.25) is 0 Å². The summed E-state index contributed by atoms with van der Waals surface area (Å²) in [6, 6.07) is 8.22. The van der Waals surface area contributed by atoms with E-state index in [1.807, 2.05) is 12.1 Å². The zero-order valence-corrected chi connectivity index (χ0v) is 14.7. The monoisotopic (exact) mass is 340 g/mol. The first-order chi connectivity index (χ1) is 11.8. The molecule has 3 aromatic rings. The molecule has 0 aliphatic carbocycles. The summed E-state index contributed by atoms with van der Waals surface area (Å²) >= 11 is 1.69. The van der Waals surface area contributed by atoms with Crippen LogP contribution in [0.2, 0.25) is 0 Å². The number of ether oxygens (including phenoxy) is 1. The van der Waals surface area contributed by atoms with E-state index >= 15 is 0 Å². The van der Waals surface area contributed by atoms with Crippen LogP contribution in [-0.4, -0.2) is 43.3 Å². The number of anilines is 2. The van der Waals surface area contributed by atoms with Gasteiger partial charge in [0.25, 0.3) is 0 Å². The molecule has 1 aromatic carbocycles. The van der Waals surface area contributed by atoms with Crippen molar-refractivity contribution in [3.8, 4) is 5.75 Å². The van der Waals surface area contributed by atoms with Crippen LogP contribution in [0.1, 0.15) is 5.56 Å². The molecule has 0 atom stereocenters. The van der Waals surface area contributed by atoms with E-state index in [0.717, 1.165) is 42.6 Å². The Kier molecular flexibility index (Phi) is 3.98. The van der Waals surface area contributed by atoms with Crippen LogP contribution in [0.25, 0.3) is 10.2 Å². The summed E-state index contributed by atoms with van der Waals surface area (Å²) in [5.41, 5.74) is 2.43. The third kappa shape index (κ3) is 2.57. The smallest absolute Gasteiger partial charge is 0.142 e. The Labute approximate surface area is 145 Å². The Morgan fingerprint density at radius 3 is 2.58 bits per heavy atom. The molecule has 24 heavy (non-hydrogen) atoms. The summed E-state index contributed by atoms with van der Waals surface area (Å²) in [5, 5.41) is 3.36. The number of piperazine rings is 1. The van der Waals surface area contributed by atoms with Crippen LogP contribution in [-0.2, 0) is 0 Å². The van der Waals surface area contributed by atoms with Crippen molar-refractivity contribution in [3.63, 3.8) is 0 Å². The first-order valence-corrected chi connectivity index (χ1v) is 8.97. The minimum absolute atomic E-state index is 0.934. The van der Waals surface area contributed by atoms with Crippen molar-refractivity contribution in [2.75, 3.05) is 43.1 Å². The van der Waals surface area contributed by atoms with Crippen molar-refractivity contribution in [1.82, 2.24) is 9.97 Å². The normalized spacial score (nSPS) is 15.1. The zero-order chi connectivity index (χ0) is 16.5. The fourth-order valence-corrected chi connectivity index (χ4v) is 4.17. The van der Waals surface area contributed by atoms with Crippen LogP contribution in [0.3, 0.4) is 0 Å². The number of methoxy groups -OCH3 is 1. The van der Waals surface area contributed by atoms with Gasteiger partial charge in [-0.3, -0.25) is 0 Å². The first-order valence-electron chi connectivity index (χ1n) is 8.09. The second kappa shape index (κ2) is 6.28. The van der Waals surface area contributed by atoms with Gasteiger partial charge in [0.15, 0.2) is 0 Å². The molecule has 5 nitrogen and oxygen atoms in total. The number of thiophene rings is 1. The summed E-state index contributed by atoms with van der Waals surface area (Å²) in [6.07, 6.45) is 1.68. The molecule has 124 valence electrons. The topological polar surface area (TPSA) is 41.5 Å². The molecule has 1 aliphatic heterocycles. The molecule has 1 fully saturated rings. The molecule has 1 aliphatic rings. The van der Waals surface area contributed by atoms with E-state index in [-0.39, 0.29) is 0 Å². The largest absolute Gasteiger partial charge is 0.495 e. The summed E-state index contributed by atoms with van der Waals surface area (Å²) in [5.74, 6) is 2.00. The van der Waals surface area contributed by atoms with Gasteiger partial charge >= 0.3 is 0 Å². The number of nitrogens with zero attached hydrogens (tertiary/aromatic N) is 4. The Hall–Kier alpha value is -2.34. The van der Waals surface area contributed by atoms with Crippen LogP contribution in [0.15, 0.2) is 36.0 Å². The molecule has 3 heterocycles. The second-order valence-electron chi connectivity index (χ2n) is 5.94. The standard InChI is InChI=1S/C18H20N4OS/c1-13-11-24-18-16(13)17(19-12-20-18)22-9-7-21(8-10-22)14-5-3-4-6-15(14)23-2/h3-6,11-12H,7-10H2,1-2H3. The number of benzene rings is 1. The van der Waals surface area contributed by atoms with Gasteiger partial charge in [0.05, 0.1) is 18.2 Å². The summed E-state index contributed by atoms with van der Waals surface area (Å²) in [6.45, 7) is 5.93. The van der Waals surface area contributed by atoms with E-state index in [1.54, 1.807) is 24.8 Å². The van der Waals surface area contributed by atoms with E-state index in [1.165, 1.54) is 16.6 Å². The van der Waals surface area contributed by atoms with Crippen LogP contribution >= 0.6 is 11.3 Å². The first kappa shape index (κ1) is 15.2. The molecule has 6 heteroatoms. The van der Waals surface area contributed by atoms with Crippen molar-refractivity contribution in [1.29, 1.82) is 0 Å². The van der Waals surface area contributed by atoms with Gasteiger partial charge in [-0.15, -0.1) is 11.3 Å². The van der Waals surface area contributed by atoms with Gasteiger partial charge < -0.3 is 14.5 Å². The molecule has 0 bridgehead atoms. The van der Waals surface area contributed by atoms with Gasteiger partial charge in [-0.1, -0.05) is 12.1 Å². The predicted octanol–water partition coefficient (Wildman–Crippen LogP) is 3.33. The average molecular weight is 340 g/mol. The number of fused-ring (bicyclic) bond motifs is 1. The van der Waals surface area contributed by atoms with E-state index in [2.05, 4.69) is 44.2 Å². The van der Waals surface area contributed by atoms with Crippen molar-refractivity contribution in [2.24, 2.45) is 0 Å². The third-order valence-electron chi connectivity index (χ3n) is 4.54. The molecule has 0 unspecified atom stereocenters. The number of hydrogen-bond donors (Lipinski definition) is 0. The predicted molar refractivity (Wildman–Crippen MR) is 99.6 cm³/mol. The molecular weight excluding hydrogens is 320 g/mol. The van der Waals surface area contributed by atoms with E-state index in [4.69, 9.17) is 4.74 Å². The highest BCUT2D eigenvalue weighted by Gasteiger charge is 2.22. The van der Waals surface area contributed by atoms with E-state index < -0.39 is 0 Å². The lowest BCUT2D eigenvalue weighted by atomic mass is 10.2. The molecule has 0 radical (unpaired) electrons. The lowest BCUT2D eigenvalue weighted by Crippen LogP contribution is -2.47. The van der Waals surface area contributed by atoms with Gasteiger partial charge in [-0.25, -0.2) is 9.97 Å². The Morgan fingerprint density at radius 2 is 1.79 bits per heavy atom. The molecule has 0 N–H and O–H groups in total. The second-order valence-corrected chi connectivity index (χ2v) is 6.80. The van der Waals surface area contributed by atoms with Crippen molar-refractivity contribution in [2.45, 2.75) is 6.92 Å². The molecule has 4 rings (SSSR count). The highest BCUT2D eigenvalue weighted by molar-refractivity contribution is 7.17. The lowest BCUT2D eigenvalue weighted by molar-refractivity contribution is 0.413.